The van der Waals surface area contributed by atoms with Gasteiger partial charge in [0.1, 0.15) is 0 Å². The second-order valence-corrected chi connectivity index (χ2v) is 8.03. The first-order chi connectivity index (χ1) is 9.77. The number of unbranched alkanes of at least 4 members (excludes halogenated alkanes) is 9. The molecule has 0 bridgehead atoms. The highest BCUT2D eigenvalue weighted by Gasteiger charge is 1.97. The molecule has 0 spiro atoms. The molecular formula is C16H32O2S2. The molecule has 4 heteroatoms. The third-order valence-electron chi connectivity index (χ3n) is 3.28. The van der Waals surface area contributed by atoms with Crippen LogP contribution in [-0.2, 0) is 4.79 Å². The summed E-state index contributed by atoms with van der Waals surface area (Å²) in [6.07, 6.45) is 14.2. The average molecular weight is 321 g/mol. The molecule has 0 fully saturated rings. The molecule has 0 amide bonds. The van der Waals surface area contributed by atoms with Crippen molar-refractivity contribution in [2.45, 2.75) is 84.0 Å². The Balaban J connectivity index is 2.94. The molecule has 2 nitrogen and oxygen atoms in total. The Kier molecular flexibility index (Phi) is 17.4. The SMILES string of the molecule is CCCCCSSCCCCCCCCCCC(=O)O. The van der Waals surface area contributed by atoms with Crippen molar-refractivity contribution in [3.63, 3.8) is 0 Å². The van der Waals surface area contributed by atoms with Crippen molar-refractivity contribution < 1.29 is 9.90 Å². The van der Waals surface area contributed by atoms with Crippen LogP contribution in [0, 0.1) is 0 Å². The molecule has 0 unspecified atom stereocenters. The van der Waals surface area contributed by atoms with E-state index in [2.05, 4.69) is 6.92 Å². The molecule has 20 heavy (non-hydrogen) atoms. The predicted molar refractivity (Wildman–Crippen MR) is 93.6 cm³/mol. The fourth-order valence-electron chi connectivity index (χ4n) is 2.03. The van der Waals surface area contributed by atoms with Crippen LogP contribution in [0.4, 0.5) is 0 Å². The Morgan fingerprint density at radius 1 is 0.750 bits per heavy atom. The van der Waals surface area contributed by atoms with Crippen LogP contribution in [0.3, 0.4) is 0 Å². The highest BCUT2D eigenvalue weighted by molar-refractivity contribution is 8.76. The molecule has 120 valence electrons. The van der Waals surface area contributed by atoms with Crippen LogP contribution in [-0.4, -0.2) is 22.6 Å². The van der Waals surface area contributed by atoms with Gasteiger partial charge in [-0.05, 0) is 19.3 Å². The van der Waals surface area contributed by atoms with Crippen LogP contribution in [0.2, 0.25) is 0 Å². The van der Waals surface area contributed by atoms with Gasteiger partial charge in [-0.25, -0.2) is 0 Å². The number of carboxylic acid groups (broad SMARTS) is 1. The van der Waals surface area contributed by atoms with Crippen LogP contribution in [0.1, 0.15) is 84.0 Å². The highest BCUT2D eigenvalue weighted by atomic mass is 33.1. The van der Waals surface area contributed by atoms with Gasteiger partial charge in [0, 0.05) is 17.9 Å². The van der Waals surface area contributed by atoms with Gasteiger partial charge in [-0.15, -0.1) is 0 Å². The summed E-state index contributed by atoms with van der Waals surface area (Å²) in [5.41, 5.74) is 0. The quantitative estimate of drug-likeness (QED) is 0.273. The lowest BCUT2D eigenvalue weighted by Crippen LogP contribution is -1.93. The smallest absolute Gasteiger partial charge is 0.303 e. The molecule has 0 radical (unpaired) electrons. The number of hydrogen-bond acceptors (Lipinski definition) is 3. The monoisotopic (exact) mass is 320 g/mol. The molecule has 0 aromatic heterocycles. The fraction of sp³-hybridized carbons (Fsp3) is 0.938. The van der Waals surface area contributed by atoms with Gasteiger partial charge in [0.2, 0.25) is 0 Å². The zero-order valence-corrected chi connectivity index (χ0v) is 14.7. The van der Waals surface area contributed by atoms with Gasteiger partial charge in [-0.2, -0.15) is 0 Å². The molecule has 0 atom stereocenters. The van der Waals surface area contributed by atoms with Crippen LogP contribution in [0.5, 0.6) is 0 Å². The second kappa shape index (κ2) is 17.2. The minimum absolute atomic E-state index is 0.340. The van der Waals surface area contributed by atoms with Gasteiger partial charge in [0.25, 0.3) is 0 Å². The molecule has 0 aromatic rings. The zero-order valence-electron chi connectivity index (χ0n) is 13.1. The lowest BCUT2D eigenvalue weighted by atomic mass is 10.1. The molecule has 1 N–H and O–H groups in total. The van der Waals surface area contributed by atoms with Crippen molar-refractivity contribution in [3.8, 4) is 0 Å². The number of carboxylic acids is 1. The number of rotatable bonds is 16. The molecule has 0 aromatic carbocycles. The van der Waals surface area contributed by atoms with Crippen LogP contribution in [0.25, 0.3) is 0 Å². The Bertz CT molecular complexity index is 211. The third-order valence-corrected chi connectivity index (χ3v) is 5.86. The summed E-state index contributed by atoms with van der Waals surface area (Å²) < 4.78 is 0. The van der Waals surface area contributed by atoms with E-state index in [1.165, 1.54) is 69.3 Å². The van der Waals surface area contributed by atoms with Gasteiger partial charge in [-0.1, -0.05) is 79.9 Å². The maximum Gasteiger partial charge on any atom is 0.303 e. The van der Waals surface area contributed by atoms with Crippen molar-refractivity contribution in [3.05, 3.63) is 0 Å². The number of aliphatic carboxylic acids is 1. The lowest BCUT2D eigenvalue weighted by molar-refractivity contribution is -0.137. The van der Waals surface area contributed by atoms with Gasteiger partial charge in [0.15, 0.2) is 0 Å². The number of carbonyl (C=O) groups is 1. The third kappa shape index (κ3) is 18.2. The lowest BCUT2D eigenvalue weighted by Gasteiger charge is -2.02. The van der Waals surface area contributed by atoms with E-state index in [0.29, 0.717) is 6.42 Å². The Labute approximate surface area is 133 Å². The molecule has 0 aliphatic heterocycles. The number of hydrogen-bond donors (Lipinski definition) is 1. The van der Waals surface area contributed by atoms with Gasteiger partial charge in [0.05, 0.1) is 0 Å². The first kappa shape index (κ1) is 20.2. The molecular weight excluding hydrogens is 288 g/mol. The summed E-state index contributed by atoms with van der Waals surface area (Å²) in [7, 11) is 4.08. The van der Waals surface area contributed by atoms with Crippen LogP contribution < -0.4 is 0 Å². The molecule has 0 aliphatic rings. The largest absolute Gasteiger partial charge is 0.481 e. The summed E-state index contributed by atoms with van der Waals surface area (Å²) in [4.78, 5) is 10.3. The van der Waals surface area contributed by atoms with E-state index in [1.807, 2.05) is 21.6 Å². The van der Waals surface area contributed by atoms with E-state index in [4.69, 9.17) is 5.11 Å². The van der Waals surface area contributed by atoms with E-state index < -0.39 is 5.97 Å². The Morgan fingerprint density at radius 3 is 1.70 bits per heavy atom. The summed E-state index contributed by atoms with van der Waals surface area (Å²) >= 11 is 0. The van der Waals surface area contributed by atoms with Gasteiger partial charge < -0.3 is 5.11 Å². The summed E-state index contributed by atoms with van der Waals surface area (Å²) in [6, 6.07) is 0. The van der Waals surface area contributed by atoms with Crippen molar-refractivity contribution in [2.24, 2.45) is 0 Å². The first-order valence-electron chi connectivity index (χ1n) is 8.23. The summed E-state index contributed by atoms with van der Waals surface area (Å²) in [5, 5.41) is 8.51. The Hall–Kier alpha value is 0.170. The van der Waals surface area contributed by atoms with E-state index in [0.717, 1.165) is 12.8 Å². The van der Waals surface area contributed by atoms with Gasteiger partial charge >= 0.3 is 5.97 Å². The maximum absolute atomic E-state index is 10.3. The summed E-state index contributed by atoms with van der Waals surface area (Å²) in [5.74, 6) is 1.96. The van der Waals surface area contributed by atoms with Crippen LogP contribution >= 0.6 is 21.6 Å². The zero-order chi connectivity index (χ0) is 14.9. The van der Waals surface area contributed by atoms with Crippen LogP contribution in [0.15, 0.2) is 0 Å². The standard InChI is InChI=1S/C16H32O2S2/c1-2-3-11-14-19-20-15-12-9-7-5-4-6-8-10-13-16(17)18/h2-15H2,1H3,(H,17,18). The van der Waals surface area contributed by atoms with E-state index in [-0.39, 0.29) is 0 Å². The van der Waals surface area contributed by atoms with Crippen molar-refractivity contribution in [1.29, 1.82) is 0 Å². The molecule has 0 saturated carbocycles. The van der Waals surface area contributed by atoms with E-state index in [9.17, 15) is 4.79 Å². The van der Waals surface area contributed by atoms with Gasteiger partial charge in [-0.3, -0.25) is 4.79 Å². The highest BCUT2D eigenvalue weighted by Crippen LogP contribution is 2.24. The molecule has 0 saturated heterocycles. The molecule has 0 rings (SSSR count). The van der Waals surface area contributed by atoms with Crippen molar-refractivity contribution >= 4 is 27.6 Å². The molecule has 0 heterocycles. The van der Waals surface area contributed by atoms with Crippen molar-refractivity contribution in [2.75, 3.05) is 11.5 Å². The normalized spacial score (nSPS) is 10.8. The van der Waals surface area contributed by atoms with E-state index >= 15 is 0 Å². The predicted octanol–water partition coefficient (Wildman–Crippen LogP) is 6.15. The minimum Gasteiger partial charge on any atom is -0.481 e. The second-order valence-electron chi connectivity index (χ2n) is 5.32. The maximum atomic E-state index is 10.3. The first-order valence-corrected chi connectivity index (χ1v) is 10.7. The molecule has 0 aliphatic carbocycles. The topological polar surface area (TPSA) is 37.3 Å². The fourth-order valence-corrected chi connectivity index (χ4v) is 4.32. The average Bonchev–Trinajstić information content (AvgIpc) is 2.43. The van der Waals surface area contributed by atoms with Crippen molar-refractivity contribution in [1.82, 2.24) is 0 Å². The minimum atomic E-state index is -0.657. The van der Waals surface area contributed by atoms with E-state index in [1.54, 1.807) is 0 Å². The summed E-state index contributed by atoms with van der Waals surface area (Å²) in [6.45, 7) is 2.25. The Morgan fingerprint density at radius 2 is 1.20 bits per heavy atom.